The van der Waals surface area contributed by atoms with Gasteiger partial charge in [-0.2, -0.15) is 0 Å². The van der Waals surface area contributed by atoms with Crippen LogP contribution in [0.5, 0.6) is 0 Å². The molecule has 0 aliphatic rings. The molecule has 2 nitrogen and oxygen atoms in total. The van der Waals surface area contributed by atoms with E-state index in [0.29, 0.717) is 10.0 Å². The minimum Gasteiger partial charge on any atom is -0.399 e. The van der Waals surface area contributed by atoms with Crippen molar-refractivity contribution in [1.82, 2.24) is 0 Å². The average Bonchev–Trinajstić information content (AvgIpc) is 2.34. The molecule has 2 aromatic rings. The Bertz CT molecular complexity index is 524. The van der Waals surface area contributed by atoms with Crippen LogP contribution in [-0.2, 0) is 6.42 Å². The predicted molar refractivity (Wildman–Crippen MR) is 79.5 cm³/mol. The molecule has 94 valence electrons. The van der Waals surface area contributed by atoms with Crippen LogP contribution in [0.3, 0.4) is 0 Å². The fourth-order valence-electron chi connectivity index (χ4n) is 1.67. The smallest absolute Gasteiger partial charge is 0.0453 e. The van der Waals surface area contributed by atoms with Crippen molar-refractivity contribution in [2.45, 2.75) is 6.42 Å². The minimum atomic E-state index is 0.662. The van der Waals surface area contributed by atoms with Gasteiger partial charge in [0, 0.05) is 28.0 Å². The molecule has 2 aromatic carbocycles. The van der Waals surface area contributed by atoms with Gasteiger partial charge in [0.05, 0.1) is 0 Å². The quantitative estimate of drug-likeness (QED) is 0.823. The Morgan fingerprint density at radius 2 is 1.72 bits per heavy atom. The largest absolute Gasteiger partial charge is 0.399 e. The van der Waals surface area contributed by atoms with E-state index in [1.54, 1.807) is 6.07 Å². The van der Waals surface area contributed by atoms with Gasteiger partial charge in [-0.1, -0.05) is 29.3 Å². The van der Waals surface area contributed by atoms with Crippen molar-refractivity contribution in [1.29, 1.82) is 0 Å². The number of halogens is 2. The number of nitrogens with one attached hydrogen (secondary N) is 1. The van der Waals surface area contributed by atoms with Crippen molar-refractivity contribution in [3.63, 3.8) is 0 Å². The molecule has 4 heteroatoms. The molecule has 0 spiro atoms. The van der Waals surface area contributed by atoms with Gasteiger partial charge in [-0.3, -0.25) is 0 Å². The number of benzene rings is 2. The van der Waals surface area contributed by atoms with Crippen LogP contribution in [0.4, 0.5) is 11.4 Å². The van der Waals surface area contributed by atoms with Crippen LogP contribution in [0, 0.1) is 0 Å². The van der Waals surface area contributed by atoms with Gasteiger partial charge in [0.2, 0.25) is 0 Å². The summed E-state index contributed by atoms with van der Waals surface area (Å²) in [5, 5.41) is 4.69. The van der Waals surface area contributed by atoms with Gasteiger partial charge in [0.25, 0.3) is 0 Å². The number of rotatable bonds is 4. The molecule has 0 radical (unpaired) electrons. The minimum absolute atomic E-state index is 0.662. The molecule has 0 fully saturated rings. The summed E-state index contributed by atoms with van der Waals surface area (Å²) in [7, 11) is 0. The highest BCUT2D eigenvalue weighted by Crippen LogP contribution is 2.21. The number of nitrogen functional groups attached to an aromatic ring is 1. The van der Waals surface area contributed by atoms with Gasteiger partial charge in [0.1, 0.15) is 0 Å². The van der Waals surface area contributed by atoms with Crippen LogP contribution in [-0.4, -0.2) is 6.54 Å². The lowest BCUT2D eigenvalue weighted by atomic mass is 10.1. The topological polar surface area (TPSA) is 38.0 Å². The fourth-order valence-corrected chi connectivity index (χ4v) is 2.17. The molecular weight excluding hydrogens is 267 g/mol. The maximum atomic E-state index is 6.10. The Balaban J connectivity index is 1.90. The Hall–Kier alpha value is -1.38. The molecule has 2 rings (SSSR count). The second kappa shape index (κ2) is 5.98. The molecule has 0 atom stereocenters. The highest BCUT2D eigenvalue weighted by atomic mass is 35.5. The lowest BCUT2D eigenvalue weighted by Gasteiger charge is -2.08. The molecule has 3 N–H and O–H groups in total. The fraction of sp³-hybridized carbons (Fsp3) is 0.143. The Morgan fingerprint density at radius 3 is 2.39 bits per heavy atom. The van der Waals surface area contributed by atoms with E-state index in [4.69, 9.17) is 28.9 Å². The summed E-state index contributed by atoms with van der Waals surface area (Å²) in [4.78, 5) is 0. The van der Waals surface area contributed by atoms with Gasteiger partial charge in [-0.15, -0.1) is 0 Å². The van der Waals surface area contributed by atoms with Crippen molar-refractivity contribution < 1.29 is 0 Å². The highest BCUT2D eigenvalue weighted by Gasteiger charge is 2.01. The molecule has 0 unspecified atom stereocenters. The van der Waals surface area contributed by atoms with Crippen molar-refractivity contribution in [2.75, 3.05) is 17.6 Å². The van der Waals surface area contributed by atoms with E-state index in [0.717, 1.165) is 29.9 Å². The van der Waals surface area contributed by atoms with Gasteiger partial charge < -0.3 is 11.1 Å². The van der Waals surface area contributed by atoms with Crippen LogP contribution in [0.1, 0.15) is 5.56 Å². The van der Waals surface area contributed by atoms with E-state index in [-0.39, 0.29) is 0 Å². The zero-order valence-electron chi connectivity index (χ0n) is 9.79. The molecule has 0 saturated heterocycles. The molecule has 0 aromatic heterocycles. The number of anilines is 2. The Kier molecular flexibility index (Phi) is 4.34. The maximum absolute atomic E-state index is 6.10. The van der Waals surface area contributed by atoms with Crippen molar-refractivity contribution >= 4 is 34.6 Å². The summed E-state index contributed by atoms with van der Waals surface area (Å²) < 4.78 is 0. The third-order valence-corrected chi connectivity index (χ3v) is 3.24. The second-order valence-corrected chi connectivity index (χ2v) is 4.88. The molecule has 18 heavy (non-hydrogen) atoms. The first-order valence-corrected chi connectivity index (χ1v) is 6.44. The molecule has 0 aliphatic heterocycles. The Morgan fingerprint density at radius 1 is 1.00 bits per heavy atom. The van der Waals surface area contributed by atoms with Crippen LogP contribution < -0.4 is 11.1 Å². The zero-order chi connectivity index (χ0) is 13.0. The van der Waals surface area contributed by atoms with Crippen LogP contribution in [0.15, 0.2) is 42.5 Å². The predicted octanol–water partition coefficient (Wildman–Crippen LogP) is 4.23. The molecule has 0 saturated carbocycles. The molecular formula is C14H14Cl2N2. The highest BCUT2D eigenvalue weighted by molar-refractivity contribution is 6.35. The summed E-state index contributed by atoms with van der Waals surface area (Å²) in [6.45, 7) is 0.811. The molecule has 0 heterocycles. The standard InChI is InChI=1S/C14H14Cl2N2/c15-11-2-1-10(14(16)9-11)7-8-18-13-5-3-12(17)4-6-13/h1-6,9,18H,7-8,17H2. The molecule has 0 bridgehead atoms. The van der Waals surface area contributed by atoms with Crippen molar-refractivity contribution in [3.8, 4) is 0 Å². The maximum Gasteiger partial charge on any atom is 0.0453 e. The van der Waals surface area contributed by atoms with Gasteiger partial charge in [-0.25, -0.2) is 0 Å². The van der Waals surface area contributed by atoms with Crippen LogP contribution >= 0.6 is 23.2 Å². The summed E-state index contributed by atoms with van der Waals surface area (Å²) in [5.41, 5.74) is 8.53. The monoisotopic (exact) mass is 280 g/mol. The first-order valence-electron chi connectivity index (χ1n) is 5.68. The summed E-state index contributed by atoms with van der Waals surface area (Å²) >= 11 is 12.0. The number of nitrogens with two attached hydrogens (primary N) is 1. The zero-order valence-corrected chi connectivity index (χ0v) is 11.3. The molecule has 0 amide bonds. The normalized spacial score (nSPS) is 10.3. The van der Waals surface area contributed by atoms with Gasteiger partial charge in [-0.05, 0) is 48.4 Å². The van der Waals surface area contributed by atoms with Crippen LogP contribution in [0.2, 0.25) is 10.0 Å². The first-order chi connectivity index (χ1) is 8.65. The summed E-state index contributed by atoms with van der Waals surface area (Å²) in [6.07, 6.45) is 0.848. The third kappa shape index (κ3) is 3.56. The van der Waals surface area contributed by atoms with Crippen molar-refractivity contribution in [3.05, 3.63) is 58.1 Å². The third-order valence-electron chi connectivity index (χ3n) is 2.65. The van der Waals surface area contributed by atoms with Crippen molar-refractivity contribution in [2.24, 2.45) is 0 Å². The average molecular weight is 281 g/mol. The molecule has 0 aliphatic carbocycles. The van der Waals surface area contributed by atoms with E-state index in [9.17, 15) is 0 Å². The van der Waals surface area contributed by atoms with Crippen LogP contribution in [0.25, 0.3) is 0 Å². The SMILES string of the molecule is Nc1ccc(NCCc2ccc(Cl)cc2Cl)cc1. The number of hydrogen-bond donors (Lipinski definition) is 2. The van der Waals surface area contributed by atoms with E-state index >= 15 is 0 Å². The summed E-state index contributed by atoms with van der Waals surface area (Å²) in [6, 6.07) is 13.2. The van der Waals surface area contributed by atoms with E-state index < -0.39 is 0 Å². The lowest BCUT2D eigenvalue weighted by Crippen LogP contribution is -2.05. The number of hydrogen-bond acceptors (Lipinski definition) is 2. The second-order valence-electron chi connectivity index (χ2n) is 4.03. The lowest BCUT2D eigenvalue weighted by molar-refractivity contribution is 1.02. The van der Waals surface area contributed by atoms with Gasteiger partial charge >= 0.3 is 0 Å². The first kappa shape index (κ1) is 13.1. The van der Waals surface area contributed by atoms with E-state index in [1.165, 1.54) is 0 Å². The summed E-state index contributed by atoms with van der Waals surface area (Å²) in [5.74, 6) is 0. The Labute approximate surface area is 117 Å². The van der Waals surface area contributed by atoms with E-state index in [2.05, 4.69) is 5.32 Å². The van der Waals surface area contributed by atoms with E-state index in [1.807, 2.05) is 36.4 Å². The van der Waals surface area contributed by atoms with Gasteiger partial charge in [0.15, 0.2) is 0 Å².